The Morgan fingerprint density at radius 3 is 2.37 bits per heavy atom. The highest BCUT2D eigenvalue weighted by molar-refractivity contribution is 7.89. The van der Waals surface area contributed by atoms with Crippen LogP contribution in [0.4, 0.5) is 0 Å². The molecule has 0 atom stereocenters. The summed E-state index contributed by atoms with van der Waals surface area (Å²) in [5.74, 6) is 0.486. The number of piperidine rings is 1. The van der Waals surface area contributed by atoms with Crippen molar-refractivity contribution in [3.05, 3.63) is 0 Å². The number of sulfonamides is 1. The van der Waals surface area contributed by atoms with Crippen molar-refractivity contribution in [2.75, 3.05) is 25.9 Å². The molecular formula is C12H25N3O2S2. The van der Waals surface area contributed by atoms with Crippen molar-refractivity contribution >= 4 is 27.2 Å². The van der Waals surface area contributed by atoms with Crippen molar-refractivity contribution in [3.8, 4) is 0 Å². The molecule has 0 saturated carbocycles. The van der Waals surface area contributed by atoms with Gasteiger partial charge in [0.2, 0.25) is 10.0 Å². The van der Waals surface area contributed by atoms with Crippen LogP contribution in [0.3, 0.4) is 0 Å². The fraction of sp³-hybridized carbons (Fsp3) is 0.917. The molecule has 0 radical (unpaired) electrons. The second-order valence-corrected chi connectivity index (χ2v) is 8.13. The summed E-state index contributed by atoms with van der Waals surface area (Å²) in [4.78, 5) is 2.41. The summed E-state index contributed by atoms with van der Waals surface area (Å²) in [6.07, 6.45) is 1.92. The summed E-state index contributed by atoms with van der Waals surface area (Å²) in [7, 11) is -1.32. The average Bonchev–Trinajstić information content (AvgIpc) is 2.29. The Balaban J connectivity index is 2.76. The third-order valence-electron chi connectivity index (χ3n) is 3.63. The summed E-state index contributed by atoms with van der Waals surface area (Å²) in [6, 6.07) is 0. The lowest BCUT2D eigenvalue weighted by Gasteiger charge is -2.40. The third-order valence-corrected chi connectivity index (χ3v) is 5.49. The number of rotatable bonds is 6. The van der Waals surface area contributed by atoms with E-state index >= 15 is 0 Å². The first-order valence-corrected chi connectivity index (χ1v) is 8.73. The topological polar surface area (TPSA) is 75.4 Å². The molecule has 0 unspecified atom stereocenters. The Hall–Kier alpha value is -0.240. The monoisotopic (exact) mass is 307 g/mol. The molecule has 0 bridgehead atoms. The van der Waals surface area contributed by atoms with Crippen LogP contribution in [0.1, 0.15) is 33.1 Å². The van der Waals surface area contributed by atoms with Crippen molar-refractivity contribution in [2.45, 2.75) is 38.6 Å². The van der Waals surface area contributed by atoms with E-state index in [0.29, 0.717) is 25.2 Å². The van der Waals surface area contributed by atoms with E-state index < -0.39 is 15.6 Å². The number of hydrogen-bond acceptors (Lipinski definition) is 4. The van der Waals surface area contributed by atoms with E-state index in [2.05, 4.69) is 9.62 Å². The first-order valence-electron chi connectivity index (χ1n) is 6.67. The van der Waals surface area contributed by atoms with Gasteiger partial charge in [0, 0.05) is 13.1 Å². The molecule has 1 aliphatic rings. The normalized spacial score (nSPS) is 20.6. The van der Waals surface area contributed by atoms with Gasteiger partial charge in [-0.25, -0.2) is 13.1 Å². The fourth-order valence-corrected chi connectivity index (χ4v) is 4.25. The van der Waals surface area contributed by atoms with Gasteiger partial charge in [-0.05, 0) is 32.2 Å². The van der Waals surface area contributed by atoms with Gasteiger partial charge in [0.1, 0.15) is 0 Å². The van der Waals surface area contributed by atoms with Crippen LogP contribution in [0.25, 0.3) is 0 Å². The molecule has 1 rings (SSSR count). The maximum Gasteiger partial charge on any atom is 0.212 e. The zero-order valence-corrected chi connectivity index (χ0v) is 13.6. The minimum absolute atomic E-state index is 0.130. The highest BCUT2D eigenvalue weighted by atomic mass is 32.2. The molecule has 1 heterocycles. The van der Waals surface area contributed by atoms with E-state index in [1.165, 1.54) is 0 Å². The molecule has 0 aromatic rings. The molecule has 19 heavy (non-hydrogen) atoms. The molecule has 0 spiro atoms. The predicted octanol–water partition coefficient (Wildman–Crippen LogP) is 0.702. The molecule has 112 valence electrons. The standard InChI is InChI=1S/C12H25N3O2S2/c1-10(2)4-9-19(16,17)14-12(11(13)18)5-7-15(3)8-6-12/h10,14H,4-9H2,1-3H3,(H2,13,18). The SMILES string of the molecule is CC(C)CCS(=O)(=O)NC1(C(N)=S)CCN(C)CC1. The summed E-state index contributed by atoms with van der Waals surface area (Å²) < 4.78 is 27.1. The fourth-order valence-electron chi connectivity index (χ4n) is 2.14. The summed E-state index contributed by atoms with van der Waals surface area (Å²) in [5.41, 5.74) is 5.06. The van der Waals surface area contributed by atoms with Gasteiger partial charge in [0.25, 0.3) is 0 Å². The number of nitrogens with zero attached hydrogens (tertiary/aromatic N) is 1. The van der Waals surface area contributed by atoms with Crippen molar-refractivity contribution in [1.82, 2.24) is 9.62 Å². The van der Waals surface area contributed by atoms with E-state index in [0.717, 1.165) is 13.1 Å². The van der Waals surface area contributed by atoms with Crippen molar-refractivity contribution < 1.29 is 8.42 Å². The molecule has 0 aromatic heterocycles. The molecule has 0 aliphatic carbocycles. The molecule has 0 aromatic carbocycles. The number of nitrogens with one attached hydrogen (secondary N) is 1. The Morgan fingerprint density at radius 2 is 1.95 bits per heavy atom. The lowest BCUT2D eigenvalue weighted by molar-refractivity contribution is 0.220. The zero-order chi connectivity index (χ0) is 14.7. The molecule has 1 saturated heterocycles. The number of thiocarbonyl (C=S) groups is 1. The Labute approximate surface area is 122 Å². The molecule has 1 fully saturated rings. The summed E-state index contributed by atoms with van der Waals surface area (Å²) in [5, 5.41) is 0. The van der Waals surface area contributed by atoms with Gasteiger partial charge in [-0.3, -0.25) is 0 Å². The summed E-state index contributed by atoms with van der Waals surface area (Å²) >= 11 is 5.10. The van der Waals surface area contributed by atoms with Gasteiger partial charge in [0.15, 0.2) is 0 Å². The highest BCUT2D eigenvalue weighted by Gasteiger charge is 2.39. The van der Waals surface area contributed by atoms with Crippen molar-refractivity contribution in [1.29, 1.82) is 0 Å². The minimum Gasteiger partial charge on any atom is -0.392 e. The lowest BCUT2D eigenvalue weighted by atomic mass is 9.89. The van der Waals surface area contributed by atoms with Crippen LogP contribution >= 0.6 is 12.2 Å². The molecule has 3 N–H and O–H groups in total. The van der Waals surface area contributed by atoms with Crippen LogP contribution in [0.15, 0.2) is 0 Å². The van der Waals surface area contributed by atoms with Gasteiger partial charge in [0.05, 0.1) is 16.3 Å². The Morgan fingerprint density at radius 1 is 1.42 bits per heavy atom. The second-order valence-electron chi connectivity index (χ2n) is 5.85. The van der Waals surface area contributed by atoms with Gasteiger partial charge in [-0.1, -0.05) is 26.1 Å². The molecule has 1 aliphatic heterocycles. The number of likely N-dealkylation sites (tertiary alicyclic amines) is 1. The maximum atomic E-state index is 12.2. The number of hydrogen-bond donors (Lipinski definition) is 2. The van der Waals surface area contributed by atoms with Gasteiger partial charge in [-0.2, -0.15) is 0 Å². The van der Waals surface area contributed by atoms with Crippen LogP contribution in [-0.2, 0) is 10.0 Å². The molecule has 0 amide bonds. The smallest absolute Gasteiger partial charge is 0.212 e. The maximum absolute atomic E-state index is 12.2. The van der Waals surface area contributed by atoms with Crippen molar-refractivity contribution in [3.63, 3.8) is 0 Å². The Bertz CT molecular complexity index is 413. The highest BCUT2D eigenvalue weighted by Crippen LogP contribution is 2.23. The molecule has 5 nitrogen and oxygen atoms in total. The third kappa shape index (κ3) is 4.98. The minimum atomic E-state index is -3.33. The lowest BCUT2D eigenvalue weighted by Crippen LogP contribution is -2.61. The van der Waals surface area contributed by atoms with Gasteiger partial charge in [-0.15, -0.1) is 0 Å². The second kappa shape index (κ2) is 6.47. The van der Waals surface area contributed by atoms with Gasteiger partial charge >= 0.3 is 0 Å². The first kappa shape index (κ1) is 16.8. The largest absolute Gasteiger partial charge is 0.392 e. The van der Waals surface area contributed by atoms with E-state index in [4.69, 9.17) is 18.0 Å². The van der Waals surface area contributed by atoms with E-state index in [1.54, 1.807) is 0 Å². The van der Waals surface area contributed by atoms with E-state index in [9.17, 15) is 8.42 Å². The van der Waals surface area contributed by atoms with Crippen LogP contribution in [0.5, 0.6) is 0 Å². The zero-order valence-electron chi connectivity index (χ0n) is 12.0. The van der Waals surface area contributed by atoms with Crippen LogP contribution < -0.4 is 10.5 Å². The van der Waals surface area contributed by atoms with E-state index in [1.807, 2.05) is 20.9 Å². The molecular weight excluding hydrogens is 282 g/mol. The van der Waals surface area contributed by atoms with Crippen molar-refractivity contribution in [2.24, 2.45) is 11.7 Å². The summed E-state index contributed by atoms with van der Waals surface area (Å²) in [6.45, 7) is 5.61. The predicted molar refractivity (Wildman–Crippen MR) is 82.6 cm³/mol. The first-order chi connectivity index (χ1) is 8.67. The van der Waals surface area contributed by atoms with Gasteiger partial charge < -0.3 is 10.6 Å². The Kier molecular flexibility index (Phi) is 5.73. The van der Waals surface area contributed by atoms with Crippen LogP contribution in [0, 0.1) is 5.92 Å². The molecule has 7 heteroatoms. The average molecular weight is 307 g/mol. The van der Waals surface area contributed by atoms with Crippen LogP contribution in [-0.4, -0.2) is 49.7 Å². The van der Waals surface area contributed by atoms with Crippen LogP contribution in [0.2, 0.25) is 0 Å². The quantitative estimate of drug-likeness (QED) is 0.707. The van der Waals surface area contributed by atoms with E-state index in [-0.39, 0.29) is 10.7 Å². The number of nitrogens with two attached hydrogens (primary N) is 1.